The molecule has 0 bridgehead atoms. The van der Waals surface area contributed by atoms with E-state index in [1.165, 1.54) is 16.8 Å². The molecule has 0 saturated heterocycles. The van der Waals surface area contributed by atoms with Crippen molar-refractivity contribution in [2.75, 3.05) is 13.2 Å². The number of carbonyl (C=O) groups is 1. The second-order valence-electron chi connectivity index (χ2n) is 4.04. The molecule has 5 heteroatoms. The Bertz CT molecular complexity index is 592. The molecule has 0 atom stereocenters. The van der Waals surface area contributed by atoms with Crippen LogP contribution >= 0.6 is 0 Å². The maximum absolute atomic E-state index is 14.1. The zero-order chi connectivity index (χ0) is 13.8. The van der Waals surface area contributed by atoms with E-state index in [1.54, 1.807) is 19.1 Å². The minimum absolute atomic E-state index is 0.190. The van der Waals surface area contributed by atoms with Gasteiger partial charge in [0.2, 0.25) is 0 Å². The smallest absolute Gasteiger partial charge is 0.418 e. The maximum Gasteiger partial charge on any atom is 0.418 e. The van der Waals surface area contributed by atoms with Crippen LogP contribution in [0.1, 0.15) is 20.3 Å². The van der Waals surface area contributed by atoms with Crippen LogP contribution in [0.15, 0.2) is 24.4 Å². The lowest BCUT2D eigenvalue weighted by Crippen LogP contribution is -2.12. The van der Waals surface area contributed by atoms with Crippen LogP contribution in [-0.2, 0) is 4.74 Å². The van der Waals surface area contributed by atoms with Crippen LogP contribution in [0.2, 0.25) is 0 Å². The zero-order valence-corrected chi connectivity index (χ0v) is 11.0. The highest BCUT2D eigenvalue weighted by Crippen LogP contribution is 2.27. The molecule has 102 valence electrons. The van der Waals surface area contributed by atoms with Crippen LogP contribution in [-0.4, -0.2) is 23.9 Å². The summed E-state index contributed by atoms with van der Waals surface area (Å²) < 4.78 is 25.6. The third-order valence-corrected chi connectivity index (χ3v) is 2.70. The molecule has 4 nitrogen and oxygen atoms in total. The van der Waals surface area contributed by atoms with E-state index in [-0.39, 0.29) is 5.75 Å². The summed E-state index contributed by atoms with van der Waals surface area (Å²) in [7, 11) is 0. The molecular formula is C14H16FNO3. The van der Waals surface area contributed by atoms with Gasteiger partial charge in [0.05, 0.1) is 18.7 Å². The highest BCUT2D eigenvalue weighted by Gasteiger charge is 2.15. The summed E-state index contributed by atoms with van der Waals surface area (Å²) in [5.74, 6) is -0.268. The lowest BCUT2D eigenvalue weighted by atomic mass is 10.2. The molecule has 0 aliphatic rings. The van der Waals surface area contributed by atoms with Crippen molar-refractivity contribution in [2.24, 2.45) is 0 Å². The monoisotopic (exact) mass is 265 g/mol. The number of ether oxygens (including phenoxy) is 2. The van der Waals surface area contributed by atoms with Crippen molar-refractivity contribution in [1.82, 2.24) is 4.57 Å². The van der Waals surface area contributed by atoms with Gasteiger partial charge in [0, 0.05) is 11.6 Å². The fraction of sp³-hybridized carbons (Fsp3) is 0.357. The minimum Gasteiger partial charge on any atom is -0.491 e. The van der Waals surface area contributed by atoms with Crippen molar-refractivity contribution in [1.29, 1.82) is 0 Å². The Kier molecular flexibility index (Phi) is 4.04. The molecule has 0 fully saturated rings. The van der Waals surface area contributed by atoms with Crippen molar-refractivity contribution < 1.29 is 18.7 Å². The molecule has 0 aliphatic carbocycles. The van der Waals surface area contributed by atoms with Crippen LogP contribution in [0.25, 0.3) is 10.9 Å². The fourth-order valence-electron chi connectivity index (χ4n) is 1.85. The number of aromatic nitrogens is 1. The number of benzene rings is 1. The number of rotatable bonds is 4. The minimum atomic E-state index is -0.500. The van der Waals surface area contributed by atoms with Gasteiger partial charge in [0.15, 0.2) is 11.6 Å². The maximum atomic E-state index is 14.1. The Morgan fingerprint density at radius 3 is 2.79 bits per heavy atom. The number of hydrogen-bond donors (Lipinski definition) is 0. The summed E-state index contributed by atoms with van der Waals surface area (Å²) in [6.45, 7) is 4.44. The second-order valence-corrected chi connectivity index (χ2v) is 4.04. The topological polar surface area (TPSA) is 40.5 Å². The van der Waals surface area contributed by atoms with Crippen molar-refractivity contribution in [3.05, 3.63) is 30.2 Å². The van der Waals surface area contributed by atoms with Gasteiger partial charge in [-0.3, -0.25) is 4.57 Å². The molecule has 0 amide bonds. The molecule has 1 aromatic heterocycles. The van der Waals surface area contributed by atoms with Crippen molar-refractivity contribution in [2.45, 2.75) is 20.3 Å². The largest absolute Gasteiger partial charge is 0.491 e. The van der Waals surface area contributed by atoms with E-state index in [2.05, 4.69) is 0 Å². The van der Waals surface area contributed by atoms with Crippen LogP contribution in [0.4, 0.5) is 9.18 Å². The molecule has 0 saturated carbocycles. The first-order chi connectivity index (χ1) is 9.19. The zero-order valence-electron chi connectivity index (χ0n) is 11.0. The first-order valence-electron chi connectivity index (χ1n) is 6.28. The molecule has 0 unspecified atom stereocenters. The molecular weight excluding hydrogens is 249 g/mol. The number of nitrogens with zero attached hydrogens (tertiary/aromatic N) is 1. The second kappa shape index (κ2) is 5.73. The van der Waals surface area contributed by atoms with Crippen LogP contribution in [0.5, 0.6) is 5.75 Å². The van der Waals surface area contributed by atoms with Gasteiger partial charge in [0.1, 0.15) is 0 Å². The number of hydrogen-bond acceptors (Lipinski definition) is 3. The molecule has 0 N–H and O–H groups in total. The average molecular weight is 265 g/mol. The van der Waals surface area contributed by atoms with Crippen LogP contribution < -0.4 is 4.74 Å². The predicted octanol–water partition coefficient (Wildman–Crippen LogP) is 3.57. The normalized spacial score (nSPS) is 10.7. The first-order valence-corrected chi connectivity index (χ1v) is 6.28. The van der Waals surface area contributed by atoms with E-state index < -0.39 is 11.9 Å². The van der Waals surface area contributed by atoms with Gasteiger partial charge in [-0.1, -0.05) is 6.92 Å². The van der Waals surface area contributed by atoms with Gasteiger partial charge < -0.3 is 9.47 Å². The molecule has 1 aromatic carbocycles. The van der Waals surface area contributed by atoms with Gasteiger partial charge in [-0.15, -0.1) is 0 Å². The quantitative estimate of drug-likeness (QED) is 0.848. The van der Waals surface area contributed by atoms with Gasteiger partial charge >= 0.3 is 6.09 Å². The molecule has 0 radical (unpaired) electrons. The van der Waals surface area contributed by atoms with Gasteiger partial charge in [0.25, 0.3) is 0 Å². The lowest BCUT2D eigenvalue weighted by Gasteiger charge is -2.07. The Hall–Kier alpha value is -2.04. The number of halogens is 1. The molecule has 19 heavy (non-hydrogen) atoms. The van der Waals surface area contributed by atoms with Gasteiger partial charge in [-0.05, 0) is 31.5 Å². The summed E-state index contributed by atoms with van der Waals surface area (Å²) >= 11 is 0. The highest BCUT2D eigenvalue weighted by atomic mass is 19.1. The molecule has 0 spiro atoms. The summed E-state index contributed by atoms with van der Waals surface area (Å²) in [6, 6.07) is 4.71. The summed E-state index contributed by atoms with van der Waals surface area (Å²) in [4.78, 5) is 11.8. The predicted molar refractivity (Wildman–Crippen MR) is 70.1 cm³/mol. The van der Waals surface area contributed by atoms with E-state index in [1.807, 2.05) is 6.92 Å². The Morgan fingerprint density at radius 1 is 1.32 bits per heavy atom. The summed E-state index contributed by atoms with van der Waals surface area (Å²) in [5.41, 5.74) is 0.474. The third-order valence-electron chi connectivity index (χ3n) is 2.70. The SMILES string of the molecule is CCCOC(=O)n1ccc2c(F)c(OCC)ccc21. The van der Waals surface area contributed by atoms with Gasteiger partial charge in [-0.2, -0.15) is 0 Å². The number of carbonyl (C=O) groups excluding carboxylic acids is 1. The fourth-order valence-corrected chi connectivity index (χ4v) is 1.85. The Balaban J connectivity index is 2.39. The molecule has 0 aliphatic heterocycles. The average Bonchev–Trinajstić information content (AvgIpc) is 2.84. The first kappa shape index (κ1) is 13.4. The molecule has 1 heterocycles. The van der Waals surface area contributed by atoms with Crippen molar-refractivity contribution in [3.63, 3.8) is 0 Å². The van der Waals surface area contributed by atoms with E-state index in [9.17, 15) is 9.18 Å². The molecule has 2 rings (SSSR count). The van der Waals surface area contributed by atoms with Crippen molar-refractivity contribution in [3.8, 4) is 5.75 Å². The standard InChI is InChI=1S/C14H16FNO3/c1-3-9-19-14(17)16-8-7-10-11(16)5-6-12(13(10)15)18-4-2/h5-8H,3-4,9H2,1-2H3. The number of fused-ring (bicyclic) bond motifs is 1. The van der Waals surface area contributed by atoms with E-state index >= 15 is 0 Å². The van der Waals surface area contributed by atoms with E-state index in [0.29, 0.717) is 24.1 Å². The third kappa shape index (κ3) is 2.54. The highest BCUT2D eigenvalue weighted by molar-refractivity contribution is 5.90. The van der Waals surface area contributed by atoms with E-state index in [4.69, 9.17) is 9.47 Å². The van der Waals surface area contributed by atoms with Crippen molar-refractivity contribution >= 4 is 17.0 Å². The lowest BCUT2D eigenvalue weighted by molar-refractivity contribution is 0.149. The van der Waals surface area contributed by atoms with Crippen LogP contribution in [0, 0.1) is 5.82 Å². The summed E-state index contributed by atoms with van der Waals surface area (Å²) in [6.07, 6.45) is 1.75. The Morgan fingerprint density at radius 2 is 2.11 bits per heavy atom. The summed E-state index contributed by atoms with van der Waals surface area (Å²) in [5, 5.41) is 0.347. The van der Waals surface area contributed by atoms with Gasteiger partial charge in [-0.25, -0.2) is 9.18 Å². The molecule has 2 aromatic rings. The van der Waals surface area contributed by atoms with Crippen LogP contribution in [0.3, 0.4) is 0 Å². The van der Waals surface area contributed by atoms with E-state index in [0.717, 1.165) is 6.42 Å². The Labute approximate surface area is 110 Å².